The van der Waals surface area contributed by atoms with Gasteiger partial charge in [0.2, 0.25) is 0 Å². The van der Waals surface area contributed by atoms with E-state index in [1.807, 2.05) is 0 Å². The highest BCUT2D eigenvalue weighted by molar-refractivity contribution is 6.73. The lowest BCUT2D eigenvalue weighted by atomic mass is 9.58. The summed E-state index contributed by atoms with van der Waals surface area (Å²) >= 11 is 0. The van der Waals surface area contributed by atoms with E-state index < -0.39 is 0 Å². The highest BCUT2D eigenvalue weighted by Crippen LogP contribution is 2.59. The number of nitrogens with one attached hydrogen (secondary N) is 1. The van der Waals surface area contributed by atoms with Gasteiger partial charge in [0.05, 0.1) is 16.9 Å². The predicted molar refractivity (Wildman–Crippen MR) is 270 cm³/mol. The van der Waals surface area contributed by atoms with E-state index in [4.69, 9.17) is 0 Å². The summed E-state index contributed by atoms with van der Waals surface area (Å²) in [5, 5.41) is 5.40. The van der Waals surface area contributed by atoms with Crippen molar-refractivity contribution in [1.82, 2.24) is 9.55 Å². The van der Waals surface area contributed by atoms with Crippen LogP contribution in [0.3, 0.4) is 0 Å². The second kappa shape index (κ2) is 11.5. The Morgan fingerprint density at radius 1 is 0.476 bits per heavy atom. The van der Waals surface area contributed by atoms with Gasteiger partial charge < -0.3 is 9.55 Å². The smallest absolute Gasteiger partial charge is 0.198 e. The van der Waals surface area contributed by atoms with E-state index in [0.717, 1.165) is 7.28 Å². The zero-order valence-corrected chi connectivity index (χ0v) is 39.6. The molecule has 5 aliphatic rings. The first kappa shape index (κ1) is 38.2. The Morgan fingerprint density at radius 3 is 1.68 bits per heavy atom. The fourth-order valence-corrected chi connectivity index (χ4v) is 14.1. The SMILES string of the molecule is CC1(C)CCC(C)(C)c2cc3c(cc21)-c1[nH]c2c(-c4cc5ccccc5c5c4Bc4cccc6c7c(n-5c46)-c4cc5c(cc4C7(C)C)C(C)(C)CCC5(C)C)cccc2c1C3(C)C. The van der Waals surface area contributed by atoms with Crippen molar-refractivity contribution in [2.75, 3.05) is 0 Å². The van der Waals surface area contributed by atoms with Crippen LogP contribution in [0.25, 0.3) is 71.9 Å². The molecule has 3 heterocycles. The highest BCUT2D eigenvalue weighted by atomic mass is 15.0. The molecule has 0 atom stereocenters. The summed E-state index contributed by atoms with van der Waals surface area (Å²) in [6, 6.07) is 36.5. The second-order valence-electron chi connectivity index (χ2n) is 24.3. The Hall–Kier alpha value is -5.28. The van der Waals surface area contributed by atoms with Gasteiger partial charge in [-0.25, -0.2) is 0 Å². The Morgan fingerprint density at radius 2 is 1.02 bits per heavy atom. The summed E-state index contributed by atoms with van der Waals surface area (Å²) in [5.41, 5.74) is 27.5. The van der Waals surface area contributed by atoms with Crippen molar-refractivity contribution in [2.45, 2.75) is 141 Å². The Labute approximate surface area is 374 Å². The average Bonchev–Trinajstić information content (AvgIpc) is 3.93. The summed E-state index contributed by atoms with van der Waals surface area (Å²) in [7, 11) is 0.899. The quantitative estimate of drug-likeness (QED) is 0.159. The third-order valence-corrected chi connectivity index (χ3v) is 18.0. The van der Waals surface area contributed by atoms with Gasteiger partial charge in [0.25, 0.3) is 0 Å². The lowest BCUT2D eigenvalue weighted by Gasteiger charge is -2.42. The molecule has 0 saturated carbocycles. The van der Waals surface area contributed by atoms with Crippen LogP contribution < -0.4 is 10.9 Å². The number of nitrogens with zero attached hydrogens (tertiary/aromatic N) is 1. The molecule has 6 aromatic carbocycles. The number of fused-ring (bicyclic) bond motifs is 16. The van der Waals surface area contributed by atoms with Crippen LogP contribution in [-0.4, -0.2) is 16.8 Å². The molecule has 4 aliphatic carbocycles. The summed E-state index contributed by atoms with van der Waals surface area (Å²) in [5.74, 6) is 0. The van der Waals surface area contributed by atoms with Crippen LogP contribution in [-0.2, 0) is 32.5 Å². The minimum Gasteiger partial charge on any atom is -0.354 e. The maximum Gasteiger partial charge on any atom is 0.198 e. The molecule has 2 nitrogen and oxygen atoms in total. The van der Waals surface area contributed by atoms with E-state index in [1.165, 1.54) is 142 Å². The molecule has 0 radical (unpaired) electrons. The molecule has 2 aromatic heterocycles. The summed E-state index contributed by atoms with van der Waals surface area (Å²) in [4.78, 5) is 4.20. The first-order valence-corrected chi connectivity index (χ1v) is 24.0. The van der Waals surface area contributed by atoms with Gasteiger partial charge in [-0.3, -0.25) is 0 Å². The fraction of sp³-hybridized carbons (Fsp3) is 0.367. The zero-order valence-electron chi connectivity index (χ0n) is 39.6. The van der Waals surface area contributed by atoms with Crippen molar-refractivity contribution in [3.8, 4) is 39.3 Å². The van der Waals surface area contributed by atoms with Crippen molar-refractivity contribution in [1.29, 1.82) is 0 Å². The number of hydrogen-bond acceptors (Lipinski definition) is 0. The number of benzene rings is 6. The highest BCUT2D eigenvalue weighted by Gasteiger charge is 2.48. The molecule has 13 rings (SSSR count). The standard InChI is InChI=1S/C60H61BN2/c1-55(2)23-25-57(5,6)44-30-40-38(28-42(44)55)51-47(59(40,9)10)35-20-15-19-34(50(35)62-51)37-27-32-17-13-14-18-33(32)54-49(37)61-46-22-16-21-36-48-53(63(54)52(36)46)39-29-43-45(31-41(39)60(48,11)12)58(7,8)26-24-56(43,3)4/h13-22,27-31,61-62H,23-26H2,1-12H3. The molecular weight excluding hydrogens is 759 g/mol. The molecule has 0 fully saturated rings. The third-order valence-electron chi connectivity index (χ3n) is 18.0. The summed E-state index contributed by atoms with van der Waals surface area (Å²) < 4.78 is 2.76. The number of aromatic amines is 1. The molecule has 314 valence electrons. The molecule has 0 spiro atoms. The van der Waals surface area contributed by atoms with Crippen molar-refractivity contribution >= 4 is 50.8 Å². The van der Waals surface area contributed by atoms with Crippen LogP contribution in [0.5, 0.6) is 0 Å². The lowest BCUT2D eigenvalue weighted by molar-refractivity contribution is 0.331. The summed E-state index contributed by atoms with van der Waals surface area (Å²) in [6.45, 7) is 29.7. The van der Waals surface area contributed by atoms with Gasteiger partial charge in [0, 0.05) is 54.9 Å². The van der Waals surface area contributed by atoms with E-state index in [-0.39, 0.29) is 32.5 Å². The van der Waals surface area contributed by atoms with E-state index in [9.17, 15) is 0 Å². The first-order valence-electron chi connectivity index (χ1n) is 24.0. The number of H-pyrrole nitrogens is 1. The Kier molecular flexibility index (Phi) is 6.98. The minimum absolute atomic E-state index is 0.125. The van der Waals surface area contributed by atoms with E-state index >= 15 is 0 Å². The largest absolute Gasteiger partial charge is 0.354 e. The number of aromatic nitrogens is 2. The van der Waals surface area contributed by atoms with Crippen molar-refractivity contribution < 1.29 is 0 Å². The van der Waals surface area contributed by atoms with Crippen molar-refractivity contribution in [3.63, 3.8) is 0 Å². The number of rotatable bonds is 1. The molecule has 8 aromatic rings. The van der Waals surface area contributed by atoms with Gasteiger partial charge >= 0.3 is 0 Å². The van der Waals surface area contributed by atoms with E-state index in [0.29, 0.717) is 0 Å². The van der Waals surface area contributed by atoms with Crippen molar-refractivity contribution in [3.05, 3.63) is 136 Å². The zero-order chi connectivity index (χ0) is 43.7. The molecule has 0 amide bonds. The topological polar surface area (TPSA) is 20.7 Å². The third kappa shape index (κ3) is 4.62. The molecule has 0 bridgehead atoms. The van der Waals surface area contributed by atoms with E-state index in [2.05, 4.69) is 184 Å². The van der Waals surface area contributed by atoms with Crippen LogP contribution in [0.1, 0.15) is 153 Å². The lowest BCUT2D eigenvalue weighted by Crippen LogP contribution is -2.38. The average molecular weight is 821 g/mol. The molecular formula is C60H61BN2. The van der Waals surface area contributed by atoms with Gasteiger partial charge in [-0.1, -0.05) is 161 Å². The van der Waals surface area contributed by atoms with E-state index in [1.54, 1.807) is 11.1 Å². The summed E-state index contributed by atoms with van der Waals surface area (Å²) in [6.07, 6.45) is 4.87. The Bertz CT molecular complexity index is 3420. The van der Waals surface area contributed by atoms with Gasteiger partial charge in [0.1, 0.15) is 0 Å². The van der Waals surface area contributed by atoms with Crippen LogP contribution in [0.2, 0.25) is 0 Å². The maximum atomic E-state index is 4.20. The fourth-order valence-electron chi connectivity index (χ4n) is 14.1. The maximum absolute atomic E-state index is 4.20. The monoisotopic (exact) mass is 820 g/mol. The molecule has 1 N–H and O–H groups in total. The molecule has 63 heavy (non-hydrogen) atoms. The van der Waals surface area contributed by atoms with Crippen LogP contribution in [0.4, 0.5) is 0 Å². The molecule has 0 saturated heterocycles. The van der Waals surface area contributed by atoms with Crippen molar-refractivity contribution in [2.24, 2.45) is 0 Å². The normalized spacial score (nSPS) is 20.4. The van der Waals surface area contributed by atoms with Crippen LogP contribution in [0, 0.1) is 0 Å². The van der Waals surface area contributed by atoms with Crippen LogP contribution in [0.15, 0.2) is 91.0 Å². The van der Waals surface area contributed by atoms with Gasteiger partial charge in [0.15, 0.2) is 7.28 Å². The van der Waals surface area contributed by atoms with Gasteiger partial charge in [-0.2, -0.15) is 0 Å². The molecule has 0 unspecified atom stereocenters. The Balaban J connectivity index is 1.09. The number of hydrogen-bond donors (Lipinski definition) is 1. The molecule has 1 aliphatic heterocycles. The molecule has 3 heteroatoms. The minimum atomic E-state index is -0.138. The van der Waals surface area contributed by atoms with Crippen LogP contribution >= 0.6 is 0 Å². The van der Waals surface area contributed by atoms with Gasteiger partial charge in [-0.15, -0.1) is 0 Å². The first-order chi connectivity index (χ1) is 29.7. The second-order valence-corrected chi connectivity index (χ2v) is 24.3. The predicted octanol–water partition coefficient (Wildman–Crippen LogP) is 13.9. The van der Waals surface area contributed by atoms with Gasteiger partial charge in [-0.05, 0) is 126 Å². The number of para-hydroxylation sites is 2.